The summed E-state index contributed by atoms with van der Waals surface area (Å²) in [6, 6.07) is 4.78. The molecule has 3 heterocycles. The Labute approximate surface area is 201 Å². The molecule has 0 aliphatic carbocycles. The standard InChI is InChI=1S/C21H23Cl3N6O2/c1-12(14-3-2-13(22)10-15(14)23)26-19-16(24)11-25-21(28-19)30-8-6-29(7-9-30)20(32)17-4-5-18(31)27-17/h2-3,10-12,17H,4-9H2,1H3,(H,27,31)(H,25,26,28)/t12-,17-/m0/s1. The number of halogens is 3. The Morgan fingerprint density at radius 2 is 1.94 bits per heavy atom. The average Bonchev–Trinajstić information content (AvgIpc) is 3.21. The number of carbonyl (C=O) groups is 2. The summed E-state index contributed by atoms with van der Waals surface area (Å²) in [6.07, 6.45) is 2.53. The van der Waals surface area contributed by atoms with Crippen molar-refractivity contribution in [2.75, 3.05) is 36.4 Å². The molecule has 2 saturated heterocycles. The van der Waals surface area contributed by atoms with Crippen LogP contribution in [0.15, 0.2) is 24.4 Å². The number of piperazine rings is 1. The molecule has 0 spiro atoms. The van der Waals surface area contributed by atoms with Crippen LogP contribution in [0.2, 0.25) is 15.1 Å². The van der Waals surface area contributed by atoms with E-state index in [2.05, 4.69) is 20.6 Å². The molecule has 1 aromatic carbocycles. The van der Waals surface area contributed by atoms with Crippen LogP contribution in [-0.4, -0.2) is 58.9 Å². The van der Waals surface area contributed by atoms with Crippen molar-refractivity contribution in [3.63, 3.8) is 0 Å². The number of anilines is 2. The third kappa shape index (κ3) is 5.03. The highest BCUT2D eigenvalue weighted by Gasteiger charge is 2.32. The molecule has 8 nitrogen and oxygen atoms in total. The second kappa shape index (κ2) is 9.68. The molecule has 2 amide bonds. The highest BCUT2D eigenvalue weighted by molar-refractivity contribution is 6.35. The molecule has 32 heavy (non-hydrogen) atoms. The lowest BCUT2D eigenvalue weighted by Gasteiger charge is -2.36. The molecule has 4 rings (SSSR count). The van der Waals surface area contributed by atoms with Gasteiger partial charge in [-0.25, -0.2) is 4.98 Å². The Hall–Kier alpha value is -2.29. The zero-order chi connectivity index (χ0) is 22.8. The van der Waals surface area contributed by atoms with E-state index in [1.165, 1.54) is 0 Å². The maximum absolute atomic E-state index is 12.6. The number of nitrogens with one attached hydrogen (secondary N) is 2. The summed E-state index contributed by atoms with van der Waals surface area (Å²) in [5.74, 6) is 0.948. The van der Waals surface area contributed by atoms with Gasteiger partial charge in [-0.1, -0.05) is 40.9 Å². The molecule has 11 heteroatoms. The topological polar surface area (TPSA) is 90.5 Å². The van der Waals surface area contributed by atoms with Crippen molar-refractivity contribution in [3.8, 4) is 0 Å². The third-order valence-corrected chi connectivity index (χ3v) is 6.52. The molecular weight excluding hydrogens is 475 g/mol. The number of rotatable bonds is 5. The van der Waals surface area contributed by atoms with E-state index in [1.54, 1.807) is 23.2 Å². The van der Waals surface area contributed by atoms with Crippen LogP contribution in [0.1, 0.15) is 31.4 Å². The molecule has 0 unspecified atom stereocenters. The highest BCUT2D eigenvalue weighted by Crippen LogP contribution is 2.30. The number of hydrogen-bond donors (Lipinski definition) is 2. The first kappa shape index (κ1) is 22.9. The molecule has 0 radical (unpaired) electrons. The van der Waals surface area contributed by atoms with E-state index in [-0.39, 0.29) is 17.9 Å². The molecule has 0 bridgehead atoms. The molecule has 2 aliphatic rings. The second-order valence-electron chi connectivity index (χ2n) is 7.87. The second-order valence-corrected chi connectivity index (χ2v) is 9.12. The van der Waals surface area contributed by atoms with E-state index in [1.807, 2.05) is 17.9 Å². The molecule has 2 N–H and O–H groups in total. The third-order valence-electron chi connectivity index (χ3n) is 5.68. The van der Waals surface area contributed by atoms with Crippen molar-refractivity contribution in [3.05, 3.63) is 45.0 Å². The Bertz CT molecular complexity index is 1030. The fraction of sp³-hybridized carbons (Fsp3) is 0.429. The lowest BCUT2D eigenvalue weighted by atomic mass is 10.1. The van der Waals surface area contributed by atoms with Crippen LogP contribution in [0.4, 0.5) is 11.8 Å². The van der Waals surface area contributed by atoms with Gasteiger partial charge >= 0.3 is 0 Å². The van der Waals surface area contributed by atoms with E-state index in [9.17, 15) is 9.59 Å². The van der Waals surface area contributed by atoms with Crippen molar-refractivity contribution < 1.29 is 9.59 Å². The van der Waals surface area contributed by atoms with E-state index < -0.39 is 6.04 Å². The van der Waals surface area contributed by atoms with Crippen molar-refractivity contribution in [2.45, 2.75) is 31.8 Å². The fourth-order valence-corrected chi connectivity index (χ4v) is 4.61. The zero-order valence-electron chi connectivity index (χ0n) is 17.4. The smallest absolute Gasteiger partial charge is 0.245 e. The van der Waals surface area contributed by atoms with Gasteiger partial charge in [-0.2, -0.15) is 4.98 Å². The highest BCUT2D eigenvalue weighted by atomic mass is 35.5. The number of carbonyl (C=O) groups excluding carboxylic acids is 2. The molecule has 170 valence electrons. The van der Waals surface area contributed by atoms with Crippen LogP contribution in [0.3, 0.4) is 0 Å². The van der Waals surface area contributed by atoms with Gasteiger partial charge in [-0.05, 0) is 31.0 Å². The molecule has 2 fully saturated rings. The summed E-state index contributed by atoms with van der Waals surface area (Å²) < 4.78 is 0. The van der Waals surface area contributed by atoms with Crippen LogP contribution in [0.25, 0.3) is 0 Å². The minimum absolute atomic E-state index is 0.0245. The van der Waals surface area contributed by atoms with Crippen molar-refractivity contribution in [1.82, 2.24) is 20.2 Å². The van der Waals surface area contributed by atoms with Gasteiger partial charge in [0.25, 0.3) is 0 Å². The number of aromatic nitrogens is 2. The van der Waals surface area contributed by atoms with Crippen LogP contribution in [0, 0.1) is 0 Å². The van der Waals surface area contributed by atoms with E-state index in [4.69, 9.17) is 34.8 Å². The molecule has 2 aliphatic heterocycles. The van der Waals surface area contributed by atoms with Crippen molar-refractivity contribution >= 4 is 58.4 Å². The monoisotopic (exact) mass is 496 g/mol. The Morgan fingerprint density at radius 3 is 2.59 bits per heavy atom. The van der Waals surface area contributed by atoms with Crippen molar-refractivity contribution in [1.29, 1.82) is 0 Å². The maximum atomic E-state index is 12.6. The van der Waals surface area contributed by atoms with E-state index >= 15 is 0 Å². The number of amides is 2. The van der Waals surface area contributed by atoms with Gasteiger partial charge in [-0.3, -0.25) is 9.59 Å². The van der Waals surface area contributed by atoms with E-state index in [0.29, 0.717) is 65.9 Å². The molecule has 0 saturated carbocycles. The maximum Gasteiger partial charge on any atom is 0.245 e. The van der Waals surface area contributed by atoms with Gasteiger partial charge in [0.05, 0.1) is 12.2 Å². The predicted octanol–water partition coefficient (Wildman–Crippen LogP) is 3.54. The number of hydrogen-bond acceptors (Lipinski definition) is 6. The van der Waals surface area contributed by atoms with Gasteiger partial charge in [0.2, 0.25) is 17.8 Å². The molecule has 1 aromatic heterocycles. The van der Waals surface area contributed by atoms with E-state index in [0.717, 1.165) is 5.56 Å². The summed E-state index contributed by atoms with van der Waals surface area (Å²) in [6.45, 7) is 4.21. The van der Waals surface area contributed by atoms with Gasteiger partial charge in [0, 0.05) is 42.6 Å². The summed E-state index contributed by atoms with van der Waals surface area (Å²) in [5, 5.41) is 7.56. The van der Waals surface area contributed by atoms with Crippen molar-refractivity contribution in [2.24, 2.45) is 0 Å². The summed E-state index contributed by atoms with van der Waals surface area (Å²) in [7, 11) is 0. The first-order chi connectivity index (χ1) is 15.3. The Balaban J connectivity index is 1.40. The molecule has 2 atom stereocenters. The van der Waals surface area contributed by atoms with Crippen LogP contribution in [-0.2, 0) is 9.59 Å². The summed E-state index contributed by atoms with van der Waals surface area (Å²) in [4.78, 5) is 36.8. The average molecular weight is 498 g/mol. The van der Waals surface area contributed by atoms with Gasteiger partial charge in [0.1, 0.15) is 11.1 Å². The van der Waals surface area contributed by atoms with Crippen LogP contribution >= 0.6 is 34.8 Å². The summed E-state index contributed by atoms with van der Waals surface area (Å²) in [5.41, 5.74) is 0.874. The Kier molecular flexibility index (Phi) is 6.93. The SMILES string of the molecule is C[C@H](Nc1nc(N2CCN(C(=O)[C@@H]3CCC(=O)N3)CC2)ncc1Cl)c1ccc(Cl)cc1Cl. The fourth-order valence-electron chi connectivity index (χ4n) is 3.89. The lowest BCUT2D eigenvalue weighted by molar-refractivity contribution is -0.134. The van der Waals surface area contributed by atoms with Crippen LogP contribution < -0.4 is 15.5 Å². The Morgan fingerprint density at radius 1 is 1.19 bits per heavy atom. The van der Waals surface area contributed by atoms with Gasteiger partial charge < -0.3 is 20.4 Å². The molecule has 2 aromatic rings. The van der Waals surface area contributed by atoms with Gasteiger partial charge in [0.15, 0.2) is 5.82 Å². The first-order valence-electron chi connectivity index (χ1n) is 10.4. The minimum Gasteiger partial charge on any atom is -0.362 e. The largest absolute Gasteiger partial charge is 0.362 e. The van der Waals surface area contributed by atoms with Gasteiger partial charge in [-0.15, -0.1) is 0 Å². The lowest BCUT2D eigenvalue weighted by Crippen LogP contribution is -2.53. The van der Waals surface area contributed by atoms with Crippen LogP contribution in [0.5, 0.6) is 0 Å². The summed E-state index contributed by atoms with van der Waals surface area (Å²) >= 11 is 18.6. The minimum atomic E-state index is -0.405. The predicted molar refractivity (Wildman–Crippen MR) is 125 cm³/mol. The normalized spacial score (nSPS) is 19.6. The quantitative estimate of drug-likeness (QED) is 0.657. The number of benzene rings is 1. The first-order valence-corrected chi connectivity index (χ1v) is 11.5. The molecular formula is C21H23Cl3N6O2. The zero-order valence-corrected chi connectivity index (χ0v) is 19.7. The number of nitrogens with zero attached hydrogens (tertiary/aromatic N) is 4.